The Morgan fingerprint density at radius 3 is 2.30 bits per heavy atom. The number of hydrogen-bond acceptors (Lipinski definition) is 3. The van der Waals surface area contributed by atoms with Gasteiger partial charge in [0.05, 0.1) is 4.90 Å². The lowest BCUT2D eigenvalue weighted by Crippen LogP contribution is -1.97. The number of nitrogens with zero attached hydrogens (tertiary/aromatic N) is 1. The van der Waals surface area contributed by atoms with Crippen molar-refractivity contribution in [3.63, 3.8) is 0 Å². The molecule has 1 atom stereocenters. The third kappa shape index (κ3) is 3.24. The van der Waals surface area contributed by atoms with E-state index in [1.165, 1.54) is 18.5 Å². The summed E-state index contributed by atoms with van der Waals surface area (Å²) in [5, 5.41) is 0. The first-order valence-electron chi connectivity index (χ1n) is 7.17. The summed E-state index contributed by atoms with van der Waals surface area (Å²) in [7, 11) is -3.19. The van der Waals surface area contributed by atoms with E-state index in [4.69, 9.17) is 0 Å². The van der Waals surface area contributed by atoms with Crippen LogP contribution < -0.4 is 0 Å². The normalized spacial score (nSPS) is 17.8. The summed E-state index contributed by atoms with van der Waals surface area (Å²) in [6.07, 6.45) is 6.91. The molecule has 0 saturated carbocycles. The highest BCUT2D eigenvalue weighted by molar-refractivity contribution is 7.90. The molecule has 1 aliphatic rings. The Morgan fingerprint density at radius 2 is 1.74 bits per heavy atom. The van der Waals surface area contributed by atoms with Gasteiger partial charge >= 0.3 is 0 Å². The first kappa shape index (κ1) is 15.6. The second kappa shape index (κ2) is 5.74. The SMILES string of the molecule is CC1=CC(c2ccc(S(C)(=O)=O)cc2)C=C1c1ccc(F)nc1. The number of rotatable bonds is 3. The Morgan fingerprint density at radius 1 is 1.04 bits per heavy atom. The Labute approximate surface area is 135 Å². The highest BCUT2D eigenvalue weighted by Crippen LogP contribution is 2.36. The van der Waals surface area contributed by atoms with Gasteiger partial charge in [-0.15, -0.1) is 0 Å². The van der Waals surface area contributed by atoms with Crippen LogP contribution in [0.2, 0.25) is 0 Å². The minimum absolute atomic E-state index is 0.0728. The van der Waals surface area contributed by atoms with Gasteiger partial charge in [0.25, 0.3) is 0 Å². The Hall–Kier alpha value is -2.27. The summed E-state index contributed by atoms with van der Waals surface area (Å²) in [4.78, 5) is 4.01. The van der Waals surface area contributed by atoms with Crippen molar-refractivity contribution in [2.75, 3.05) is 6.26 Å². The predicted molar refractivity (Wildman–Crippen MR) is 88.2 cm³/mol. The number of benzene rings is 1. The van der Waals surface area contributed by atoms with Crippen LogP contribution in [-0.2, 0) is 9.84 Å². The highest BCUT2D eigenvalue weighted by Gasteiger charge is 2.18. The van der Waals surface area contributed by atoms with Crippen LogP contribution in [0.4, 0.5) is 4.39 Å². The summed E-state index contributed by atoms with van der Waals surface area (Å²) in [5.74, 6) is -0.425. The molecule has 1 aromatic heterocycles. The second-order valence-corrected chi connectivity index (χ2v) is 7.68. The largest absolute Gasteiger partial charge is 0.228 e. The van der Waals surface area contributed by atoms with Gasteiger partial charge in [-0.1, -0.05) is 24.3 Å². The van der Waals surface area contributed by atoms with E-state index in [1.54, 1.807) is 18.2 Å². The minimum Gasteiger partial charge on any atom is -0.228 e. The van der Waals surface area contributed by atoms with Crippen molar-refractivity contribution in [2.45, 2.75) is 17.7 Å². The van der Waals surface area contributed by atoms with Gasteiger partial charge in [0.2, 0.25) is 5.95 Å². The first-order valence-corrected chi connectivity index (χ1v) is 9.06. The van der Waals surface area contributed by atoms with Crippen LogP contribution in [0, 0.1) is 5.95 Å². The van der Waals surface area contributed by atoms with E-state index in [1.807, 2.05) is 19.1 Å². The molecule has 3 rings (SSSR count). The molecule has 0 radical (unpaired) electrons. The van der Waals surface area contributed by atoms with Gasteiger partial charge in [0.1, 0.15) is 0 Å². The van der Waals surface area contributed by atoms with Gasteiger partial charge in [0, 0.05) is 23.9 Å². The van der Waals surface area contributed by atoms with E-state index >= 15 is 0 Å². The number of aromatic nitrogens is 1. The monoisotopic (exact) mass is 329 g/mol. The Bertz CT molecular complexity index is 895. The highest BCUT2D eigenvalue weighted by atomic mass is 32.2. The molecular weight excluding hydrogens is 313 g/mol. The van der Waals surface area contributed by atoms with E-state index in [0.717, 1.165) is 22.3 Å². The molecule has 118 valence electrons. The van der Waals surface area contributed by atoms with Crippen molar-refractivity contribution in [1.82, 2.24) is 4.98 Å². The standard InChI is InChI=1S/C18H16FNO2S/c1-12-9-15(10-17(12)14-5-8-18(19)20-11-14)13-3-6-16(7-4-13)23(2,21)22/h3-11,15H,1-2H3. The molecule has 23 heavy (non-hydrogen) atoms. The molecule has 1 aliphatic carbocycles. The van der Waals surface area contributed by atoms with Crippen molar-refractivity contribution in [3.8, 4) is 0 Å². The maximum Gasteiger partial charge on any atom is 0.212 e. The third-order valence-corrected chi connectivity index (χ3v) is 5.06. The van der Waals surface area contributed by atoms with Crippen molar-refractivity contribution in [1.29, 1.82) is 0 Å². The molecule has 2 aromatic rings. The lowest BCUT2D eigenvalue weighted by atomic mass is 10.00. The van der Waals surface area contributed by atoms with E-state index in [9.17, 15) is 12.8 Å². The first-order chi connectivity index (χ1) is 10.8. The molecule has 0 spiro atoms. The molecule has 0 aliphatic heterocycles. The summed E-state index contributed by atoms with van der Waals surface area (Å²) in [6, 6.07) is 9.96. The number of pyridine rings is 1. The number of allylic oxidation sites excluding steroid dienone is 4. The maximum atomic E-state index is 13.0. The van der Waals surface area contributed by atoms with Crippen molar-refractivity contribution >= 4 is 15.4 Å². The molecule has 0 fully saturated rings. The van der Waals surface area contributed by atoms with Gasteiger partial charge in [-0.2, -0.15) is 4.39 Å². The summed E-state index contributed by atoms with van der Waals surface area (Å²) in [5.41, 5.74) is 4.00. The number of sulfone groups is 1. The minimum atomic E-state index is -3.19. The topological polar surface area (TPSA) is 47.0 Å². The molecule has 1 unspecified atom stereocenters. The summed E-state index contributed by atoms with van der Waals surface area (Å²) >= 11 is 0. The number of halogens is 1. The van der Waals surface area contributed by atoms with Crippen molar-refractivity contribution in [2.24, 2.45) is 0 Å². The fourth-order valence-electron chi connectivity index (χ4n) is 2.71. The molecular formula is C18H16FNO2S. The van der Waals surface area contributed by atoms with E-state index in [-0.39, 0.29) is 5.92 Å². The fraction of sp³-hybridized carbons (Fsp3) is 0.167. The van der Waals surface area contributed by atoms with Crippen LogP contribution in [0.1, 0.15) is 24.0 Å². The molecule has 1 aromatic carbocycles. The lowest BCUT2D eigenvalue weighted by molar-refractivity contribution is 0.583. The smallest absolute Gasteiger partial charge is 0.212 e. The average Bonchev–Trinajstić information content (AvgIpc) is 2.89. The second-order valence-electron chi connectivity index (χ2n) is 5.67. The molecule has 0 N–H and O–H groups in total. The Kier molecular flexibility index (Phi) is 3.90. The zero-order chi connectivity index (χ0) is 16.6. The van der Waals surface area contributed by atoms with Crippen LogP contribution in [0.3, 0.4) is 0 Å². The van der Waals surface area contributed by atoms with E-state index in [0.29, 0.717) is 4.90 Å². The average molecular weight is 329 g/mol. The zero-order valence-corrected chi connectivity index (χ0v) is 13.6. The van der Waals surface area contributed by atoms with Gasteiger partial charge < -0.3 is 0 Å². The fourth-order valence-corrected chi connectivity index (χ4v) is 3.34. The van der Waals surface area contributed by atoms with Gasteiger partial charge in [-0.05, 0) is 47.9 Å². The van der Waals surface area contributed by atoms with Crippen molar-refractivity contribution < 1.29 is 12.8 Å². The number of hydrogen-bond donors (Lipinski definition) is 0. The zero-order valence-electron chi connectivity index (χ0n) is 12.8. The molecule has 1 heterocycles. The lowest BCUT2D eigenvalue weighted by Gasteiger charge is -2.07. The van der Waals surface area contributed by atoms with Gasteiger partial charge in [0.15, 0.2) is 9.84 Å². The van der Waals surface area contributed by atoms with E-state index < -0.39 is 15.8 Å². The molecule has 0 amide bonds. The summed E-state index contributed by atoms with van der Waals surface area (Å²) < 4.78 is 36.0. The van der Waals surface area contributed by atoms with Crippen LogP contribution in [0.5, 0.6) is 0 Å². The van der Waals surface area contributed by atoms with Gasteiger partial charge in [-0.3, -0.25) is 0 Å². The summed E-state index contributed by atoms with van der Waals surface area (Å²) in [6.45, 7) is 2.00. The molecule has 3 nitrogen and oxygen atoms in total. The predicted octanol–water partition coefficient (Wildman–Crippen LogP) is 3.75. The van der Waals surface area contributed by atoms with Crippen molar-refractivity contribution in [3.05, 3.63) is 77.4 Å². The van der Waals surface area contributed by atoms with Crippen LogP contribution in [0.15, 0.2) is 65.2 Å². The molecule has 5 heteroatoms. The van der Waals surface area contributed by atoms with Crippen LogP contribution in [0.25, 0.3) is 5.57 Å². The van der Waals surface area contributed by atoms with Gasteiger partial charge in [-0.25, -0.2) is 13.4 Å². The van der Waals surface area contributed by atoms with E-state index in [2.05, 4.69) is 17.1 Å². The quantitative estimate of drug-likeness (QED) is 0.806. The van der Waals surface area contributed by atoms with Crippen LogP contribution in [-0.4, -0.2) is 19.7 Å². The Balaban J connectivity index is 1.92. The maximum absolute atomic E-state index is 13.0. The third-order valence-electron chi connectivity index (χ3n) is 3.93. The van der Waals surface area contributed by atoms with Crippen LogP contribution >= 0.6 is 0 Å². The molecule has 0 saturated heterocycles. The molecule has 0 bridgehead atoms.